The van der Waals surface area contributed by atoms with Gasteiger partial charge in [-0.25, -0.2) is 0 Å². The molecule has 0 unspecified atom stereocenters. The van der Waals surface area contributed by atoms with Gasteiger partial charge in [0.2, 0.25) is 0 Å². The highest BCUT2D eigenvalue weighted by Crippen LogP contribution is 2.58. The molecule has 0 N–H and O–H groups in total. The number of hydrogen-bond donors (Lipinski definition) is 0. The zero-order chi connectivity index (χ0) is 18.0. The maximum Gasteiger partial charge on any atom is -0.0292 e. The molecule has 0 aromatic carbocycles. The summed E-state index contributed by atoms with van der Waals surface area (Å²) < 4.78 is 0. The normalized spacial score (nSPS) is 39.4. The van der Waals surface area contributed by atoms with E-state index in [9.17, 15) is 0 Å². The SMILES string of the molecule is CCCC(C1(C)CCC(C(C)C)CC1)C1(C)CCC(C(C)C)CC1. The molecule has 2 aliphatic carbocycles. The van der Waals surface area contributed by atoms with Crippen LogP contribution in [-0.2, 0) is 0 Å². The van der Waals surface area contributed by atoms with Crippen molar-refractivity contribution in [1.82, 2.24) is 0 Å². The number of rotatable bonds is 6. The van der Waals surface area contributed by atoms with Crippen molar-refractivity contribution in [3.63, 3.8) is 0 Å². The fourth-order valence-corrected chi connectivity index (χ4v) is 6.46. The monoisotopic (exact) mass is 334 g/mol. The molecule has 0 aromatic heterocycles. The third kappa shape index (κ3) is 4.39. The summed E-state index contributed by atoms with van der Waals surface area (Å²) in [5, 5.41) is 0. The molecule has 0 aliphatic heterocycles. The van der Waals surface area contributed by atoms with E-state index in [0.717, 1.165) is 29.6 Å². The molecule has 24 heavy (non-hydrogen) atoms. The lowest BCUT2D eigenvalue weighted by atomic mass is 9.51. The molecule has 0 heterocycles. The summed E-state index contributed by atoms with van der Waals surface area (Å²) in [6.45, 7) is 17.5. The van der Waals surface area contributed by atoms with Crippen LogP contribution in [0.3, 0.4) is 0 Å². The molecule has 0 bridgehead atoms. The predicted molar refractivity (Wildman–Crippen MR) is 108 cm³/mol. The first kappa shape index (κ1) is 20.3. The van der Waals surface area contributed by atoms with E-state index in [0.29, 0.717) is 10.8 Å². The second kappa shape index (κ2) is 8.13. The molecule has 2 saturated carbocycles. The van der Waals surface area contributed by atoms with Crippen LogP contribution in [0.1, 0.15) is 113 Å². The molecule has 0 amide bonds. The smallest absolute Gasteiger partial charge is 0.0292 e. The minimum absolute atomic E-state index is 0.612. The van der Waals surface area contributed by atoms with Crippen molar-refractivity contribution in [1.29, 1.82) is 0 Å². The molecule has 0 nitrogen and oxygen atoms in total. The molecule has 0 aromatic rings. The Morgan fingerprint density at radius 3 is 1.29 bits per heavy atom. The van der Waals surface area contributed by atoms with Gasteiger partial charge in [-0.2, -0.15) is 0 Å². The summed E-state index contributed by atoms with van der Waals surface area (Å²) in [6.07, 6.45) is 14.7. The van der Waals surface area contributed by atoms with E-state index in [4.69, 9.17) is 0 Å². The molecule has 2 rings (SSSR count). The Bertz CT molecular complexity index is 327. The highest BCUT2D eigenvalue weighted by atomic mass is 14.5. The van der Waals surface area contributed by atoms with Gasteiger partial charge in [0.25, 0.3) is 0 Å². The summed E-state index contributed by atoms with van der Waals surface area (Å²) in [5.74, 6) is 4.71. The maximum absolute atomic E-state index is 2.67. The van der Waals surface area contributed by atoms with Crippen molar-refractivity contribution in [2.24, 2.45) is 40.4 Å². The lowest BCUT2D eigenvalue weighted by Gasteiger charge is -2.54. The van der Waals surface area contributed by atoms with E-state index in [1.165, 1.54) is 64.2 Å². The Hall–Kier alpha value is 0. The van der Waals surface area contributed by atoms with Crippen molar-refractivity contribution >= 4 is 0 Å². The van der Waals surface area contributed by atoms with Crippen LogP contribution in [0.25, 0.3) is 0 Å². The van der Waals surface area contributed by atoms with E-state index in [1.807, 2.05) is 0 Å². The largest absolute Gasteiger partial charge is 0.0654 e. The van der Waals surface area contributed by atoms with E-state index in [-0.39, 0.29) is 0 Å². The second-order valence-corrected chi connectivity index (χ2v) is 10.8. The third-order valence-electron chi connectivity index (χ3n) is 8.49. The van der Waals surface area contributed by atoms with Crippen LogP contribution in [0.15, 0.2) is 0 Å². The molecular weight excluding hydrogens is 288 g/mol. The Labute approximate surface area is 153 Å². The van der Waals surface area contributed by atoms with Gasteiger partial charge >= 0.3 is 0 Å². The standard InChI is InChI=1S/C24H46/c1-8-9-22(23(6)14-10-20(11-15-23)18(2)3)24(7)16-12-21(13-17-24)19(4)5/h18-22H,8-17H2,1-7H3. The summed E-state index contributed by atoms with van der Waals surface area (Å²) in [7, 11) is 0. The van der Waals surface area contributed by atoms with E-state index < -0.39 is 0 Å². The van der Waals surface area contributed by atoms with Gasteiger partial charge in [-0.05, 0) is 98.2 Å². The topological polar surface area (TPSA) is 0 Å². The summed E-state index contributed by atoms with van der Waals surface area (Å²) in [6, 6.07) is 0. The molecule has 2 fully saturated rings. The average molecular weight is 335 g/mol. The first-order valence-corrected chi connectivity index (χ1v) is 11.2. The number of hydrogen-bond acceptors (Lipinski definition) is 0. The van der Waals surface area contributed by atoms with Crippen molar-refractivity contribution in [3.8, 4) is 0 Å². The first-order valence-electron chi connectivity index (χ1n) is 11.2. The molecule has 0 heteroatoms. The first-order chi connectivity index (χ1) is 11.2. The molecule has 2 aliphatic rings. The van der Waals surface area contributed by atoms with Crippen LogP contribution in [0.5, 0.6) is 0 Å². The molecule has 0 radical (unpaired) electrons. The molecular formula is C24H46. The van der Waals surface area contributed by atoms with Gasteiger partial charge in [-0.1, -0.05) is 54.9 Å². The van der Waals surface area contributed by atoms with E-state index in [2.05, 4.69) is 48.5 Å². The fourth-order valence-electron chi connectivity index (χ4n) is 6.46. The second-order valence-electron chi connectivity index (χ2n) is 10.8. The molecule has 142 valence electrons. The quantitative estimate of drug-likeness (QED) is 0.460. The Morgan fingerprint density at radius 2 is 1.04 bits per heavy atom. The highest BCUT2D eigenvalue weighted by molar-refractivity contribution is 4.98. The summed E-state index contributed by atoms with van der Waals surface area (Å²) in [5.41, 5.74) is 1.22. The van der Waals surface area contributed by atoms with Crippen molar-refractivity contribution < 1.29 is 0 Å². The van der Waals surface area contributed by atoms with Crippen LogP contribution in [0.4, 0.5) is 0 Å². The summed E-state index contributed by atoms with van der Waals surface area (Å²) >= 11 is 0. The Morgan fingerprint density at radius 1 is 0.708 bits per heavy atom. The van der Waals surface area contributed by atoms with Crippen LogP contribution in [0, 0.1) is 40.4 Å². The van der Waals surface area contributed by atoms with Gasteiger partial charge in [0.05, 0.1) is 0 Å². The van der Waals surface area contributed by atoms with Gasteiger partial charge in [-0.3, -0.25) is 0 Å². The van der Waals surface area contributed by atoms with Gasteiger partial charge in [0.15, 0.2) is 0 Å². The molecule has 0 spiro atoms. The van der Waals surface area contributed by atoms with Gasteiger partial charge in [0.1, 0.15) is 0 Å². The van der Waals surface area contributed by atoms with Crippen LogP contribution in [-0.4, -0.2) is 0 Å². The average Bonchev–Trinajstić information content (AvgIpc) is 2.53. The van der Waals surface area contributed by atoms with E-state index in [1.54, 1.807) is 0 Å². The molecule has 0 saturated heterocycles. The fraction of sp³-hybridized carbons (Fsp3) is 1.00. The highest BCUT2D eigenvalue weighted by Gasteiger charge is 2.47. The molecule has 0 atom stereocenters. The van der Waals surface area contributed by atoms with E-state index >= 15 is 0 Å². The van der Waals surface area contributed by atoms with Crippen molar-refractivity contribution in [2.75, 3.05) is 0 Å². The minimum Gasteiger partial charge on any atom is -0.0654 e. The van der Waals surface area contributed by atoms with Crippen LogP contribution < -0.4 is 0 Å². The van der Waals surface area contributed by atoms with Crippen molar-refractivity contribution in [3.05, 3.63) is 0 Å². The Balaban J connectivity index is 2.08. The summed E-state index contributed by atoms with van der Waals surface area (Å²) in [4.78, 5) is 0. The van der Waals surface area contributed by atoms with Gasteiger partial charge < -0.3 is 0 Å². The Kier molecular flexibility index (Phi) is 6.88. The lowest BCUT2D eigenvalue weighted by molar-refractivity contribution is -0.0369. The predicted octanol–water partition coefficient (Wildman–Crippen LogP) is 8.11. The lowest BCUT2D eigenvalue weighted by Crippen LogP contribution is -2.44. The zero-order valence-corrected chi connectivity index (χ0v) is 18.0. The maximum atomic E-state index is 2.67. The van der Waals surface area contributed by atoms with Gasteiger partial charge in [-0.15, -0.1) is 0 Å². The minimum atomic E-state index is 0.612. The van der Waals surface area contributed by atoms with Crippen LogP contribution in [0.2, 0.25) is 0 Å². The van der Waals surface area contributed by atoms with Crippen LogP contribution >= 0.6 is 0 Å². The van der Waals surface area contributed by atoms with Gasteiger partial charge in [0, 0.05) is 0 Å². The zero-order valence-electron chi connectivity index (χ0n) is 18.0. The van der Waals surface area contributed by atoms with Crippen molar-refractivity contribution in [2.45, 2.75) is 113 Å². The third-order valence-corrected chi connectivity index (χ3v) is 8.49.